The van der Waals surface area contributed by atoms with Gasteiger partial charge in [-0.1, -0.05) is 41.9 Å². The lowest BCUT2D eigenvalue weighted by Crippen LogP contribution is -2.54. The average molecular weight is 435 g/mol. The Labute approximate surface area is 188 Å². The number of aromatic nitrogens is 1. The first-order valence-electron chi connectivity index (χ1n) is 11.1. The zero-order chi connectivity index (χ0) is 21.3. The molecule has 2 aliphatic heterocycles. The van der Waals surface area contributed by atoms with Crippen LogP contribution in [0.2, 0.25) is 5.02 Å². The minimum Gasteiger partial charge on any atom is -0.483 e. The van der Waals surface area contributed by atoms with Crippen molar-refractivity contribution in [2.45, 2.75) is 37.3 Å². The second-order valence-electron chi connectivity index (χ2n) is 8.65. The molecule has 1 spiro atoms. The molecule has 0 amide bonds. The summed E-state index contributed by atoms with van der Waals surface area (Å²) in [7, 11) is 0. The van der Waals surface area contributed by atoms with Gasteiger partial charge in [0.1, 0.15) is 17.4 Å². The number of ether oxygens (including phenoxy) is 1. The molecule has 5 rings (SSSR count). The number of fused-ring (bicyclic) bond motifs is 1. The van der Waals surface area contributed by atoms with Crippen LogP contribution >= 0.6 is 11.6 Å². The molecule has 1 fully saturated rings. The summed E-state index contributed by atoms with van der Waals surface area (Å²) in [5.41, 5.74) is 1.65. The van der Waals surface area contributed by atoms with Crippen molar-refractivity contribution in [2.75, 3.05) is 19.6 Å². The average Bonchev–Trinajstić information content (AvgIpc) is 3.40. The highest BCUT2D eigenvalue weighted by Crippen LogP contribution is 2.50. The normalized spacial score (nSPS) is 22.9. The number of rotatable bonds is 6. The predicted molar refractivity (Wildman–Crippen MR) is 123 cm³/mol. The molecule has 0 aliphatic carbocycles. The van der Waals surface area contributed by atoms with Gasteiger partial charge < -0.3 is 9.30 Å². The minimum absolute atomic E-state index is 0.102. The maximum absolute atomic E-state index is 12.5. The van der Waals surface area contributed by atoms with Gasteiger partial charge in [-0.15, -0.1) is 0 Å². The zero-order valence-corrected chi connectivity index (χ0v) is 18.3. The first-order valence-corrected chi connectivity index (χ1v) is 11.4. The smallest absolute Gasteiger partial charge is 0.162 e. The number of hydrogen-bond acceptors (Lipinski definition) is 3. The Morgan fingerprint density at radius 2 is 1.90 bits per heavy atom. The van der Waals surface area contributed by atoms with E-state index in [2.05, 4.69) is 34.0 Å². The zero-order valence-electron chi connectivity index (χ0n) is 17.5. The Hall–Kier alpha value is -2.56. The molecule has 0 radical (unpaired) electrons. The number of Topliss-reactive ketones (excluding diaryl/α,β-unsaturated/α-hetero) is 1. The van der Waals surface area contributed by atoms with E-state index < -0.39 is 0 Å². The van der Waals surface area contributed by atoms with E-state index in [0.29, 0.717) is 6.42 Å². The van der Waals surface area contributed by atoms with Crippen LogP contribution in [0.3, 0.4) is 0 Å². The van der Waals surface area contributed by atoms with E-state index in [-0.39, 0.29) is 17.4 Å². The summed E-state index contributed by atoms with van der Waals surface area (Å²) in [6.07, 6.45) is 7.74. The van der Waals surface area contributed by atoms with E-state index in [9.17, 15) is 4.79 Å². The Kier molecular flexibility index (Phi) is 5.59. The third-order valence-corrected chi connectivity index (χ3v) is 6.78. The third kappa shape index (κ3) is 4.02. The molecule has 0 N–H and O–H groups in total. The molecule has 160 valence electrons. The molecule has 31 heavy (non-hydrogen) atoms. The van der Waals surface area contributed by atoms with Gasteiger partial charge in [-0.3, -0.25) is 9.69 Å². The fourth-order valence-electron chi connectivity index (χ4n) is 5.20. The Morgan fingerprint density at radius 3 is 2.71 bits per heavy atom. The topological polar surface area (TPSA) is 34.5 Å². The van der Waals surface area contributed by atoms with Crippen LogP contribution < -0.4 is 4.74 Å². The number of carbonyl (C=O) groups excluding carboxylic acids is 1. The van der Waals surface area contributed by atoms with E-state index in [4.69, 9.17) is 16.3 Å². The molecule has 2 aliphatic rings. The SMILES string of the molecule is O=C(CCCN1CCCC2(C1)Oc1ccc(Cl)cc1C2n1cccc1)c1ccccc1. The highest BCUT2D eigenvalue weighted by molar-refractivity contribution is 6.30. The Balaban J connectivity index is 1.31. The van der Waals surface area contributed by atoms with Crippen molar-refractivity contribution in [2.24, 2.45) is 0 Å². The van der Waals surface area contributed by atoms with E-state index in [1.165, 1.54) is 0 Å². The fraction of sp³-hybridized carbons (Fsp3) is 0.346. The van der Waals surface area contributed by atoms with Gasteiger partial charge in [0.25, 0.3) is 0 Å². The molecule has 3 aromatic rings. The van der Waals surface area contributed by atoms with Gasteiger partial charge >= 0.3 is 0 Å². The Bertz CT molecular complexity index is 1050. The number of carbonyl (C=O) groups is 1. The molecule has 4 nitrogen and oxygen atoms in total. The van der Waals surface area contributed by atoms with Gasteiger partial charge in [0.2, 0.25) is 0 Å². The lowest BCUT2D eigenvalue weighted by atomic mass is 9.83. The summed E-state index contributed by atoms with van der Waals surface area (Å²) in [5.74, 6) is 1.15. The number of nitrogens with zero attached hydrogens (tertiary/aromatic N) is 2. The molecule has 1 aromatic heterocycles. The van der Waals surface area contributed by atoms with Crippen LogP contribution in [-0.2, 0) is 0 Å². The van der Waals surface area contributed by atoms with Crippen molar-refractivity contribution in [3.63, 3.8) is 0 Å². The van der Waals surface area contributed by atoms with Crippen LogP contribution in [0, 0.1) is 0 Å². The van der Waals surface area contributed by atoms with Crippen LogP contribution in [0.25, 0.3) is 0 Å². The van der Waals surface area contributed by atoms with Crippen LogP contribution in [0.15, 0.2) is 73.1 Å². The molecule has 2 atom stereocenters. The Morgan fingerprint density at radius 1 is 1.10 bits per heavy atom. The predicted octanol–water partition coefficient (Wildman–Crippen LogP) is 5.62. The molecule has 5 heteroatoms. The third-order valence-electron chi connectivity index (χ3n) is 6.54. The summed E-state index contributed by atoms with van der Waals surface area (Å²) in [6.45, 7) is 2.79. The van der Waals surface area contributed by atoms with Crippen molar-refractivity contribution in [3.8, 4) is 5.75 Å². The molecule has 2 unspecified atom stereocenters. The van der Waals surface area contributed by atoms with Crippen molar-refractivity contribution in [3.05, 3.63) is 89.2 Å². The van der Waals surface area contributed by atoms with Gasteiger partial charge in [0.05, 0.1) is 0 Å². The first-order chi connectivity index (χ1) is 15.1. The molecule has 3 heterocycles. The summed E-state index contributed by atoms with van der Waals surface area (Å²) in [5, 5.41) is 0.739. The number of piperidine rings is 1. The molecule has 0 saturated carbocycles. The van der Waals surface area contributed by atoms with E-state index in [0.717, 1.165) is 60.8 Å². The van der Waals surface area contributed by atoms with Gasteiger partial charge in [-0.2, -0.15) is 0 Å². The molecular weight excluding hydrogens is 408 g/mol. The quantitative estimate of drug-likeness (QED) is 0.472. The summed E-state index contributed by atoms with van der Waals surface area (Å²) >= 11 is 6.35. The summed E-state index contributed by atoms with van der Waals surface area (Å²) < 4.78 is 8.92. The van der Waals surface area contributed by atoms with E-state index >= 15 is 0 Å². The lowest BCUT2D eigenvalue weighted by Gasteiger charge is -2.43. The van der Waals surface area contributed by atoms with Crippen LogP contribution in [0.1, 0.15) is 47.6 Å². The number of benzene rings is 2. The number of hydrogen-bond donors (Lipinski definition) is 0. The number of halogens is 1. The largest absolute Gasteiger partial charge is 0.483 e. The highest BCUT2D eigenvalue weighted by atomic mass is 35.5. The van der Waals surface area contributed by atoms with Crippen molar-refractivity contribution in [1.29, 1.82) is 0 Å². The van der Waals surface area contributed by atoms with Crippen molar-refractivity contribution < 1.29 is 9.53 Å². The minimum atomic E-state index is -0.312. The molecule has 0 bridgehead atoms. The number of likely N-dealkylation sites (tertiary alicyclic amines) is 1. The van der Waals surface area contributed by atoms with Crippen molar-refractivity contribution in [1.82, 2.24) is 9.47 Å². The summed E-state index contributed by atoms with van der Waals surface area (Å²) in [4.78, 5) is 14.9. The van der Waals surface area contributed by atoms with Crippen LogP contribution in [-0.4, -0.2) is 40.5 Å². The van der Waals surface area contributed by atoms with Crippen molar-refractivity contribution >= 4 is 17.4 Å². The maximum Gasteiger partial charge on any atom is 0.162 e. The molecule has 2 aromatic carbocycles. The molecular formula is C26H27ClN2O2. The maximum atomic E-state index is 12.5. The van der Waals surface area contributed by atoms with Gasteiger partial charge in [-0.05, 0) is 62.7 Å². The standard InChI is InChI=1S/C26H27ClN2O2/c27-21-11-12-24-22(18-21)25(29-16-4-5-17-29)26(31-24)13-7-15-28(19-26)14-6-10-23(30)20-8-2-1-3-9-20/h1-5,8-9,11-12,16-18,25H,6-7,10,13-15,19H2. The van der Waals surface area contributed by atoms with Gasteiger partial charge in [0, 0.05) is 41.5 Å². The number of ketones is 1. The lowest BCUT2D eigenvalue weighted by molar-refractivity contribution is -0.0172. The second kappa shape index (κ2) is 8.52. The fourth-order valence-corrected chi connectivity index (χ4v) is 5.38. The first kappa shape index (κ1) is 20.3. The second-order valence-corrected chi connectivity index (χ2v) is 9.09. The highest BCUT2D eigenvalue weighted by Gasteiger charge is 2.51. The summed E-state index contributed by atoms with van der Waals surface area (Å²) in [6, 6.07) is 19.8. The van der Waals surface area contributed by atoms with Crippen LogP contribution in [0.5, 0.6) is 5.75 Å². The van der Waals surface area contributed by atoms with Gasteiger partial charge in [-0.25, -0.2) is 0 Å². The van der Waals surface area contributed by atoms with Crippen LogP contribution in [0.4, 0.5) is 0 Å². The molecule has 1 saturated heterocycles. The van der Waals surface area contributed by atoms with Gasteiger partial charge in [0.15, 0.2) is 5.78 Å². The monoisotopic (exact) mass is 434 g/mol. The van der Waals surface area contributed by atoms with E-state index in [1.54, 1.807) is 0 Å². The van der Waals surface area contributed by atoms with E-state index in [1.807, 2.05) is 48.5 Å².